The van der Waals surface area contributed by atoms with Crippen LogP contribution in [0.4, 0.5) is 0 Å². The van der Waals surface area contributed by atoms with Crippen molar-refractivity contribution in [2.24, 2.45) is 0 Å². The van der Waals surface area contributed by atoms with Gasteiger partial charge in [0.05, 0.1) is 13.2 Å². The molecule has 2 aromatic carbocycles. The Hall–Kier alpha value is -2.24. The zero-order valence-electron chi connectivity index (χ0n) is 15.1. The maximum atomic E-state index is 5.65. The average Bonchev–Trinajstić information content (AvgIpc) is 2.65. The summed E-state index contributed by atoms with van der Waals surface area (Å²) in [4.78, 5) is 2.20. The third-order valence-corrected chi connectivity index (χ3v) is 4.39. The molecule has 2 aromatic rings. The second-order valence-electron chi connectivity index (χ2n) is 6.33. The number of nitrogens with zero attached hydrogens (tertiary/aromatic N) is 1. The van der Waals surface area contributed by atoms with Crippen LogP contribution >= 0.6 is 0 Å². The van der Waals surface area contributed by atoms with Crippen molar-refractivity contribution in [2.75, 3.05) is 41.0 Å². The van der Waals surface area contributed by atoms with E-state index in [0.717, 1.165) is 30.3 Å². The van der Waals surface area contributed by atoms with Gasteiger partial charge >= 0.3 is 0 Å². The maximum Gasteiger partial charge on any atom is 0.161 e. The van der Waals surface area contributed by atoms with Crippen molar-refractivity contribution in [3.05, 3.63) is 53.6 Å². The largest absolute Gasteiger partial charge is 0.496 e. The predicted molar refractivity (Wildman–Crippen MR) is 98.6 cm³/mol. The van der Waals surface area contributed by atoms with Crippen molar-refractivity contribution in [2.45, 2.75) is 12.6 Å². The molecule has 1 aliphatic heterocycles. The van der Waals surface area contributed by atoms with Crippen molar-refractivity contribution in [1.82, 2.24) is 10.2 Å². The lowest BCUT2D eigenvalue weighted by Gasteiger charge is -2.27. The first kappa shape index (κ1) is 17.6. The number of likely N-dealkylation sites (N-methyl/N-ethyl adjacent to an activating group) is 1. The molecule has 0 aromatic heterocycles. The van der Waals surface area contributed by atoms with Crippen LogP contribution in [0, 0.1) is 0 Å². The van der Waals surface area contributed by atoms with Crippen LogP contribution in [0.25, 0.3) is 0 Å². The zero-order valence-corrected chi connectivity index (χ0v) is 15.1. The summed E-state index contributed by atoms with van der Waals surface area (Å²) in [5.74, 6) is 2.58. The highest BCUT2D eigenvalue weighted by Gasteiger charge is 2.18. The van der Waals surface area contributed by atoms with Gasteiger partial charge in [-0.05, 0) is 37.9 Å². The molecule has 0 bridgehead atoms. The molecule has 0 saturated heterocycles. The molecule has 25 heavy (non-hydrogen) atoms. The molecule has 0 spiro atoms. The van der Waals surface area contributed by atoms with Crippen LogP contribution in [0.2, 0.25) is 0 Å². The molecule has 1 heterocycles. The van der Waals surface area contributed by atoms with Gasteiger partial charge in [-0.15, -0.1) is 0 Å². The van der Waals surface area contributed by atoms with E-state index in [1.807, 2.05) is 18.2 Å². The molecule has 1 aliphatic rings. The summed E-state index contributed by atoms with van der Waals surface area (Å²) < 4.78 is 16.7. The van der Waals surface area contributed by atoms with E-state index in [4.69, 9.17) is 14.2 Å². The van der Waals surface area contributed by atoms with E-state index in [9.17, 15) is 0 Å². The van der Waals surface area contributed by atoms with Gasteiger partial charge < -0.3 is 24.4 Å². The first-order chi connectivity index (χ1) is 12.2. The van der Waals surface area contributed by atoms with Crippen molar-refractivity contribution < 1.29 is 14.2 Å². The summed E-state index contributed by atoms with van der Waals surface area (Å²) in [6.45, 7) is 2.83. The molecule has 5 heteroatoms. The van der Waals surface area contributed by atoms with Crippen LogP contribution in [-0.4, -0.2) is 45.9 Å². The third kappa shape index (κ3) is 4.24. The van der Waals surface area contributed by atoms with Gasteiger partial charge in [-0.25, -0.2) is 0 Å². The fourth-order valence-electron chi connectivity index (χ4n) is 3.06. The molecule has 0 unspecified atom stereocenters. The smallest absolute Gasteiger partial charge is 0.161 e. The van der Waals surface area contributed by atoms with Gasteiger partial charge in [0.25, 0.3) is 0 Å². The summed E-state index contributed by atoms with van der Waals surface area (Å²) in [5, 5.41) is 3.55. The molecule has 1 N–H and O–H groups in total. The Morgan fingerprint density at radius 2 is 1.84 bits per heavy atom. The number of fused-ring (bicyclic) bond motifs is 1. The quantitative estimate of drug-likeness (QED) is 0.838. The van der Waals surface area contributed by atoms with Crippen molar-refractivity contribution in [1.29, 1.82) is 0 Å². The van der Waals surface area contributed by atoms with E-state index in [1.54, 1.807) is 7.11 Å². The first-order valence-corrected chi connectivity index (χ1v) is 8.57. The Labute approximate surface area is 149 Å². The topological polar surface area (TPSA) is 43.0 Å². The Kier molecular flexibility index (Phi) is 5.79. The van der Waals surface area contributed by atoms with Crippen molar-refractivity contribution >= 4 is 0 Å². The normalized spacial score (nSPS) is 14.4. The van der Waals surface area contributed by atoms with Gasteiger partial charge in [-0.1, -0.05) is 24.3 Å². The van der Waals surface area contributed by atoms with Crippen LogP contribution < -0.4 is 19.5 Å². The minimum atomic E-state index is 0.230. The minimum absolute atomic E-state index is 0.230. The lowest BCUT2D eigenvalue weighted by Crippen LogP contribution is -2.31. The molecule has 0 fully saturated rings. The minimum Gasteiger partial charge on any atom is -0.496 e. The van der Waals surface area contributed by atoms with Crippen LogP contribution in [0.15, 0.2) is 42.5 Å². The van der Waals surface area contributed by atoms with Crippen LogP contribution in [0.3, 0.4) is 0 Å². The van der Waals surface area contributed by atoms with E-state index in [2.05, 4.69) is 48.6 Å². The Morgan fingerprint density at radius 1 is 1.08 bits per heavy atom. The highest BCUT2D eigenvalue weighted by Crippen LogP contribution is 2.31. The lowest BCUT2D eigenvalue weighted by atomic mass is 10.0. The Balaban J connectivity index is 1.64. The number of nitrogens with one attached hydrogen (secondary N) is 1. The number of para-hydroxylation sites is 1. The van der Waals surface area contributed by atoms with Gasteiger partial charge in [-0.2, -0.15) is 0 Å². The van der Waals surface area contributed by atoms with Crippen molar-refractivity contribution in [3.8, 4) is 17.2 Å². The molecule has 0 amide bonds. The lowest BCUT2D eigenvalue weighted by molar-refractivity contribution is 0.171. The SMILES string of the molecule is COc1ccccc1[C@H](CNCc1ccc2c(c1)OCCO2)N(C)C. The summed E-state index contributed by atoms with van der Waals surface area (Å²) in [5.41, 5.74) is 2.37. The molecule has 0 radical (unpaired) electrons. The number of rotatable bonds is 7. The standard InChI is InChI=1S/C20H26N2O3/c1-22(2)17(16-6-4-5-7-18(16)23-3)14-21-13-15-8-9-19-20(12-15)25-11-10-24-19/h4-9,12,17,21H,10-11,13-14H2,1-3H3/t17-/m0/s1. The van der Waals surface area contributed by atoms with Gasteiger partial charge in [-0.3, -0.25) is 0 Å². The van der Waals surface area contributed by atoms with Crippen LogP contribution in [0.1, 0.15) is 17.2 Å². The van der Waals surface area contributed by atoms with E-state index >= 15 is 0 Å². The Morgan fingerprint density at radius 3 is 2.60 bits per heavy atom. The highest BCUT2D eigenvalue weighted by molar-refractivity contribution is 5.43. The van der Waals surface area contributed by atoms with Gasteiger partial charge in [0.2, 0.25) is 0 Å². The average molecular weight is 342 g/mol. The van der Waals surface area contributed by atoms with Gasteiger partial charge in [0, 0.05) is 18.7 Å². The molecule has 1 atom stereocenters. The van der Waals surface area contributed by atoms with Gasteiger partial charge in [0.15, 0.2) is 11.5 Å². The number of methoxy groups -OCH3 is 1. The molecule has 5 nitrogen and oxygen atoms in total. The summed E-state index contributed by atoms with van der Waals surface area (Å²) in [7, 11) is 5.89. The molecule has 0 saturated carbocycles. The summed E-state index contributed by atoms with van der Waals surface area (Å²) >= 11 is 0. The molecule has 3 rings (SSSR count). The number of benzene rings is 2. The molecular weight excluding hydrogens is 316 g/mol. The second-order valence-corrected chi connectivity index (χ2v) is 6.33. The third-order valence-electron chi connectivity index (χ3n) is 4.39. The monoisotopic (exact) mass is 342 g/mol. The number of hydrogen-bond donors (Lipinski definition) is 1. The number of hydrogen-bond acceptors (Lipinski definition) is 5. The Bertz CT molecular complexity index is 703. The fourth-order valence-corrected chi connectivity index (χ4v) is 3.06. The summed E-state index contributed by atoms with van der Waals surface area (Å²) in [6, 6.07) is 14.5. The van der Waals surface area contributed by atoms with E-state index in [1.165, 1.54) is 11.1 Å². The first-order valence-electron chi connectivity index (χ1n) is 8.57. The van der Waals surface area contributed by atoms with E-state index in [0.29, 0.717) is 13.2 Å². The number of ether oxygens (including phenoxy) is 3. The molecule has 134 valence electrons. The van der Waals surface area contributed by atoms with Crippen molar-refractivity contribution in [3.63, 3.8) is 0 Å². The second kappa shape index (κ2) is 8.23. The van der Waals surface area contributed by atoms with Crippen LogP contribution in [0.5, 0.6) is 17.2 Å². The molecular formula is C20H26N2O3. The highest BCUT2D eigenvalue weighted by atomic mass is 16.6. The van der Waals surface area contributed by atoms with E-state index in [-0.39, 0.29) is 6.04 Å². The van der Waals surface area contributed by atoms with Gasteiger partial charge in [0.1, 0.15) is 19.0 Å². The molecule has 0 aliphatic carbocycles. The van der Waals surface area contributed by atoms with E-state index < -0.39 is 0 Å². The van der Waals surface area contributed by atoms with Crippen LogP contribution in [-0.2, 0) is 6.54 Å². The summed E-state index contributed by atoms with van der Waals surface area (Å²) in [6.07, 6.45) is 0. The maximum absolute atomic E-state index is 5.65. The fraction of sp³-hybridized carbons (Fsp3) is 0.400. The zero-order chi connectivity index (χ0) is 17.6. The predicted octanol–water partition coefficient (Wildman–Crippen LogP) is 2.86.